The molecule has 0 amide bonds. The van der Waals surface area contributed by atoms with Gasteiger partial charge in [-0.25, -0.2) is 4.98 Å². The van der Waals surface area contributed by atoms with Crippen LogP contribution < -0.4 is 5.56 Å². The second-order valence-electron chi connectivity index (χ2n) is 7.46. The summed E-state index contributed by atoms with van der Waals surface area (Å²) in [6.07, 6.45) is 0. The van der Waals surface area contributed by atoms with Crippen molar-refractivity contribution in [3.8, 4) is 11.5 Å². The summed E-state index contributed by atoms with van der Waals surface area (Å²) in [5.41, 5.74) is 0.984. The number of rotatable bonds is 7. The van der Waals surface area contributed by atoms with E-state index in [4.69, 9.17) is 16.0 Å². The minimum atomic E-state index is -0.471. The predicted octanol–water partition coefficient (Wildman–Crippen LogP) is 4.96. The largest absolute Gasteiger partial charge is 0.420 e. The molecule has 0 aliphatic heterocycles. The zero-order valence-corrected chi connectivity index (χ0v) is 18.8. The molecule has 2 heterocycles. The van der Waals surface area contributed by atoms with Gasteiger partial charge in [-0.3, -0.25) is 19.5 Å². The smallest absolute Gasteiger partial charge is 0.269 e. The summed E-state index contributed by atoms with van der Waals surface area (Å²) in [5.74, 6) is 1.16. The maximum atomic E-state index is 13.1. The van der Waals surface area contributed by atoms with Gasteiger partial charge in [-0.2, -0.15) is 0 Å². The lowest BCUT2D eigenvalue weighted by atomic mass is 10.2. The molecule has 0 atom stereocenters. The Morgan fingerprint density at radius 2 is 1.94 bits per heavy atom. The number of nitro benzene ring substituents is 1. The first-order chi connectivity index (χ1) is 15.3. The molecule has 11 heteroatoms. The molecule has 2 aromatic carbocycles. The van der Waals surface area contributed by atoms with Gasteiger partial charge in [-0.05, 0) is 36.2 Å². The van der Waals surface area contributed by atoms with Crippen molar-refractivity contribution >= 4 is 40.0 Å². The van der Waals surface area contributed by atoms with Gasteiger partial charge in [0.2, 0.25) is 11.8 Å². The summed E-state index contributed by atoms with van der Waals surface area (Å²) in [4.78, 5) is 28.0. The molecule has 0 N–H and O–H groups in total. The van der Waals surface area contributed by atoms with Crippen molar-refractivity contribution in [3.63, 3.8) is 0 Å². The van der Waals surface area contributed by atoms with Crippen LogP contribution in [-0.2, 0) is 12.3 Å². The second-order valence-corrected chi connectivity index (χ2v) is 8.84. The molecular weight excluding hydrogens is 454 g/mol. The van der Waals surface area contributed by atoms with Crippen LogP contribution in [0.3, 0.4) is 0 Å². The SMILES string of the molecule is CC(C)Cn1c(SCc2nnc(-c3ccc([N+](=O)[O-])cc3)o2)nc2ccc(Cl)cc2c1=O. The first-order valence-electron chi connectivity index (χ1n) is 9.72. The Morgan fingerprint density at radius 3 is 2.62 bits per heavy atom. The van der Waals surface area contributed by atoms with Crippen LogP contribution in [0.2, 0.25) is 5.02 Å². The van der Waals surface area contributed by atoms with Crippen LogP contribution in [0.4, 0.5) is 5.69 Å². The molecule has 0 saturated heterocycles. The zero-order chi connectivity index (χ0) is 22.8. The van der Waals surface area contributed by atoms with Gasteiger partial charge in [0.25, 0.3) is 11.2 Å². The number of hydrogen-bond donors (Lipinski definition) is 0. The first-order valence-corrected chi connectivity index (χ1v) is 11.1. The number of nitrogens with zero attached hydrogens (tertiary/aromatic N) is 5. The molecule has 0 aliphatic carbocycles. The van der Waals surface area contributed by atoms with Gasteiger partial charge in [-0.1, -0.05) is 37.2 Å². The standard InChI is InChI=1S/C21H18ClN5O4S/c1-12(2)10-26-20(28)16-9-14(22)5-8-17(16)23-21(26)32-11-18-24-25-19(31-18)13-3-6-15(7-4-13)27(29)30/h3-9,12H,10-11H2,1-2H3. The molecular formula is C21H18ClN5O4S. The summed E-state index contributed by atoms with van der Waals surface area (Å²) in [5, 5.41) is 20.4. The average molecular weight is 472 g/mol. The highest BCUT2D eigenvalue weighted by atomic mass is 35.5. The number of thioether (sulfide) groups is 1. The highest BCUT2D eigenvalue weighted by Gasteiger charge is 2.16. The van der Waals surface area contributed by atoms with E-state index in [0.29, 0.717) is 44.8 Å². The third-order valence-corrected chi connectivity index (χ3v) is 5.74. The second kappa shape index (κ2) is 9.09. The van der Waals surface area contributed by atoms with Crippen LogP contribution in [-0.4, -0.2) is 24.7 Å². The summed E-state index contributed by atoms with van der Waals surface area (Å²) >= 11 is 7.39. The van der Waals surface area contributed by atoms with Crippen LogP contribution in [0.15, 0.2) is 56.8 Å². The van der Waals surface area contributed by atoms with E-state index in [2.05, 4.69) is 15.2 Å². The van der Waals surface area contributed by atoms with Crippen LogP contribution in [0.1, 0.15) is 19.7 Å². The van der Waals surface area contributed by atoms with Crippen molar-refractivity contribution < 1.29 is 9.34 Å². The van der Waals surface area contributed by atoms with Gasteiger partial charge in [0.05, 0.1) is 21.6 Å². The quantitative estimate of drug-likeness (QED) is 0.161. The Morgan fingerprint density at radius 1 is 1.19 bits per heavy atom. The number of halogens is 1. The third-order valence-electron chi connectivity index (χ3n) is 4.55. The number of nitro groups is 1. The number of benzene rings is 2. The van der Waals surface area contributed by atoms with E-state index in [9.17, 15) is 14.9 Å². The fourth-order valence-electron chi connectivity index (χ4n) is 3.09. The van der Waals surface area contributed by atoms with Gasteiger partial charge in [0.15, 0.2) is 5.16 Å². The fourth-order valence-corrected chi connectivity index (χ4v) is 4.11. The van der Waals surface area contributed by atoms with Crippen LogP contribution in [0.25, 0.3) is 22.4 Å². The highest BCUT2D eigenvalue weighted by Crippen LogP contribution is 2.26. The van der Waals surface area contributed by atoms with E-state index in [-0.39, 0.29) is 23.1 Å². The van der Waals surface area contributed by atoms with Gasteiger partial charge in [0, 0.05) is 29.3 Å². The molecule has 9 nitrogen and oxygen atoms in total. The van der Waals surface area contributed by atoms with E-state index in [1.54, 1.807) is 34.9 Å². The Bertz CT molecular complexity index is 1350. The van der Waals surface area contributed by atoms with Crippen molar-refractivity contribution in [2.75, 3.05) is 0 Å². The number of hydrogen-bond acceptors (Lipinski definition) is 8. The summed E-state index contributed by atoms with van der Waals surface area (Å²) < 4.78 is 7.34. The lowest BCUT2D eigenvalue weighted by molar-refractivity contribution is -0.384. The summed E-state index contributed by atoms with van der Waals surface area (Å²) in [6, 6.07) is 10.9. The molecule has 0 bridgehead atoms. The van der Waals surface area contributed by atoms with Crippen LogP contribution in [0, 0.1) is 16.0 Å². The van der Waals surface area contributed by atoms with E-state index in [1.807, 2.05) is 13.8 Å². The highest BCUT2D eigenvalue weighted by molar-refractivity contribution is 7.98. The molecule has 0 fully saturated rings. The number of fused-ring (bicyclic) bond motifs is 1. The number of aromatic nitrogens is 4. The first kappa shape index (κ1) is 22.0. The van der Waals surface area contributed by atoms with Crippen LogP contribution in [0.5, 0.6) is 0 Å². The maximum Gasteiger partial charge on any atom is 0.269 e. The van der Waals surface area contributed by atoms with Crippen molar-refractivity contribution in [2.24, 2.45) is 5.92 Å². The molecule has 164 valence electrons. The summed E-state index contributed by atoms with van der Waals surface area (Å²) in [6.45, 7) is 4.56. The minimum absolute atomic E-state index is 0.0177. The zero-order valence-electron chi connectivity index (χ0n) is 17.2. The minimum Gasteiger partial charge on any atom is -0.420 e. The summed E-state index contributed by atoms with van der Waals surface area (Å²) in [7, 11) is 0. The molecule has 0 unspecified atom stereocenters. The van der Waals surface area contributed by atoms with Gasteiger partial charge in [0.1, 0.15) is 0 Å². The van der Waals surface area contributed by atoms with Gasteiger partial charge < -0.3 is 4.42 Å². The molecule has 4 aromatic rings. The van der Waals surface area contributed by atoms with Crippen molar-refractivity contribution in [2.45, 2.75) is 31.3 Å². The molecule has 0 radical (unpaired) electrons. The van der Waals surface area contributed by atoms with E-state index in [0.717, 1.165) is 0 Å². The van der Waals surface area contributed by atoms with Crippen molar-refractivity contribution in [1.82, 2.24) is 19.7 Å². The topological polar surface area (TPSA) is 117 Å². The van der Waals surface area contributed by atoms with Crippen molar-refractivity contribution in [3.05, 3.63) is 73.8 Å². The number of non-ortho nitro benzene ring substituents is 1. The molecule has 0 saturated carbocycles. The maximum absolute atomic E-state index is 13.1. The Labute approximate surface area is 191 Å². The monoisotopic (exact) mass is 471 g/mol. The predicted molar refractivity (Wildman–Crippen MR) is 122 cm³/mol. The molecule has 4 rings (SSSR count). The van der Waals surface area contributed by atoms with E-state index in [1.165, 1.54) is 23.9 Å². The third kappa shape index (κ3) is 4.66. The van der Waals surface area contributed by atoms with Crippen LogP contribution >= 0.6 is 23.4 Å². The Balaban J connectivity index is 1.59. The van der Waals surface area contributed by atoms with E-state index >= 15 is 0 Å². The lowest BCUT2D eigenvalue weighted by Gasteiger charge is -2.14. The van der Waals surface area contributed by atoms with E-state index < -0.39 is 4.92 Å². The molecule has 0 aliphatic rings. The van der Waals surface area contributed by atoms with Crippen molar-refractivity contribution in [1.29, 1.82) is 0 Å². The van der Waals surface area contributed by atoms with Gasteiger partial charge >= 0.3 is 0 Å². The fraction of sp³-hybridized carbons (Fsp3) is 0.238. The molecule has 32 heavy (non-hydrogen) atoms. The normalized spacial score (nSPS) is 11.4. The average Bonchev–Trinajstić information content (AvgIpc) is 3.24. The Hall–Kier alpha value is -3.24. The van der Waals surface area contributed by atoms with Gasteiger partial charge in [-0.15, -0.1) is 10.2 Å². The molecule has 0 spiro atoms. The molecule has 2 aromatic heterocycles. The Kier molecular flexibility index (Phi) is 6.24. The lowest BCUT2D eigenvalue weighted by Crippen LogP contribution is -2.25.